The third-order valence-electron chi connectivity index (χ3n) is 3.03. The first kappa shape index (κ1) is 11.5. The fourth-order valence-electron chi connectivity index (χ4n) is 2.01. The van der Waals surface area contributed by atoms with Gasteiger partial charge in [0.15, 0.2) is 0 Å². The largest absolute Gasteiger partial charge is 0.346 e. The van der Waals surface area contributed by atoms with Gasteiger partial charge < -0.3 is 15.0 Å². The number of nitrogens with one attached hydrogen (secondary N) is 3. The molecule has 0 fully saturated rings. The van der Waals surface area contributed by atoms with Gasteiger partial charge >= 0.3 is 0 Å². The molecule has 3 aromatic heterocycles. The van der Waals surface area contributed by atoms with Gasteiger partial charge in [0.25, 0.3) is 5.56 Å². The molecule has 0 atom stereocenters. The van der Waals surface area contributed by atoms with Crippen LogP contribution in [-0.2, 0) is 0 Å². The fourth-order valence-corrected chi connectivity index (χ4v) is 2.01. The summed E-state index contributed by atoms with van der Waals surface area (Å²) in [6.45, 7) is 3.89. The lowest BCUT2D eigenvalue weighted by Crippen LogP contribution is -2.22. The maximum absolute atomic E-state index is 11.8. The second kappa shape index (κ2) is 4.28. The molecule has 0 saturated heterocycles. The highest BCUT2D eigenvalue weighted by molar-refractivity contribution is 5.85. The highest BCUT2D eigenvalue weighted by Crippen LogP contribution is 2.15. The summed E-state index contributed by atoms with van der Waals surface area (Å²) in [5, 5.41) is 1.54. The van der Waals surface area contributed by atoms with Crippen LogP contribution in [0.5, 0.6) is 0 Å². The molecule has 0 radical (unpaired) electrons. The number of hydrogen-bond acceptors (Lipinski definition) is 2. The van der Waals surface area contributed by atoms with Crippen LogP contribution in [0.4, 0.5) is 0 Å². The molecule has 0 spiro atoms. The Labute approximate surface area is 108 Å². The minimum atomic E-state index is -0.116. The van der Waals surface area contributed by atoms with E-state index < -0.39 is 0 Å². The van der Waals surface area contributed by atoms with Crippen molar-refractivity contribution in [2.45, 2.75) is 13.8 Å². The lowest BCUT2D eigenvalue weighted by atomic mass is 10.2. The maximum Gasteiger partial charge on any atom is 0.273 e. The van der Waals surface area contributed by atoms with Gasteiger partial charge in [-0.2, -0.15) is 0 Å². The first-order valence-corrected chi connectivity index (χ1v) is 6.05. The second-order valence-electron chi connectivity index (χ2n) is 4.66. The highest BCUT2D eigenvalue weighted by atomic mass is 16.1. The number of aromatic nitrogens is 4. The van der Waals surface area contributed by atoms with E-state index in [-0.39, 0.29) is 5.56 Å². The predicted octanol–water partition coefficient (Wildman–Crippen LogP) is 0.599. The number of fused-ring (bicyclic) bond motifs is 1. The number of nitrogens with zero attached hydrogens (tertiary/aromatic N) is 1. The van der Waals surface area contributed by atoms with E-state index in [4.69, 9.17) is 0 Å². The monoisotopic (exact) mass is 254 g/mol. The van der Waals surface area contributed by atoms with Crippen LogP contribution in [0.2, 0.25) is 0 Å². The van der Waals surface area contributed by atoms with Crippen LogP contribution in [0.15, 0.2) is 29.3 Å². The van der Waals surface area contributed by atoms with Crippen LogP contribution in [0.1, 0.15) is 19.4 Å². The van der Waals surface area contributed by atoms with Crippen molar-refractivity contribution in [1.82, 2.24) is 19.9 Å². The molecule has 0 aliphatic carbocycles. The van der Waals surface area contributed by atoms with Crippen LogP contribution >= 0.6 is 0 Å². The molecule has 0 aliphatic rings. The van der Waals surface area contributed by atoms with Gasteiger partial charge in [0.2, 0.25) is 0 Å². The molecule has 0 aliphatic heterocycles. The van der Waals surface area contributed by atoms with Gasteiger partial charge in [0.1, 0.15) is 16.5 Å². The summed E-state index contributed by atoms with van der Waals surface area (Å²) in [5.41, 5.74) is 3.44. The first-order chi connectivity index (χ1) is 9.15. The average molecular weight is 254 g/mol. The Morgan fingerprint density at radius 3 is 2.89 bits per heavy atom. The van der Waals surface area contributed by atoms with Gasteiger partial charge in [-0.1, -0.05) is 0 Å². The highest BCUT2D eigenvalue weighted by Gasteiger charge is 2.02. The van der Waals surface area contributed by atoms with E-state index in [1.165, 1.54) is 0 Å². The van der Waals surface area contributed by atoms with Gasteiger partial charge in [-0.15, -0.1) is 0 Å². The SMILES string of the molecule is CC(C)=c1[nH]c(=O)c(=Cc2c[nH]c3ncccc23)[nH]1. The molecule has 0 amide bonds. The molecular weight excluding hydrogens is 240 g/mol. The Bertz CT molecular complexity index is 907. The van der Waals surface area contributed by atoms with Crippen LogP contribution in [0, 0.1) is 0 Å². The number of aromatic amines is 3. The molecule has 3 aromatic rings. The Balaban J connectivity index is 2.27. The van der Waals surface area contributed by atoms with Gasteiger partial charge in [-0.05, 0) is 37.6 Å². The lowest BCUT2D eigenvalue weighted by molar-refractivity contribution is 1.15. The summed E-state index contributed by atoms with van der Waals surface area (Å²) in [5.74, 6) is 0. The third-order valence-corrected chi connectivity index (χ3v) is 3.03. The zero-order valence-electron chi connectivity index (χ0n) is 10.7. The molecule has 19 heavy (non-hydrogen) atoms. The summed E-state index contributed by atoms with van der Waals surface area (Å²) < 4.78 is 0. The van der Waals surface area contributed by atoms with E-state index in [9.17, 15) is 4.79 Å². The Hall–Kier alpha value is -2.56. The van der Waals surface area contributed by atoms with Crippen LogP contribution in [0.3, 0.4) is 0 Å². The molecule has 0 bridgehead atoms. The van der Waals surface area contributed by atoms with Crippen molar-refractivity contribution in [2.75, 3.05) is 0 Å². The van der Waals surface area contributed by atoms with E-state index in [1.807, 2.05) is 38.3 Å². The summed E-state index contributed by atoms with van der Waals surface area (Å²) in [7, 11) is 0. The van der Waals surface area contributed by atoms with E-state index in [2.05, 4.69) is 19.9 Å². The van der Waals surface area contributed by atoms with Crippen molar-refractivity contribution in [3.63, 3.8) is 0 Å². The Morgan fingerprint density at radius 2 is 2.16 bits per heavy atom. The molecule has 5 heteroatoms. The molecule has 3 N–H and O–H groups in total. The van der Waals surface area contributed by atoms with Gasteiger partial charge in [-0.3, -0.25) is 4.79 Å². The number of H-pyrrole nitrogens is 3. The Kier molecular flexibility index (Phi) is 2.59. The molecule has 3 heterocycles. The summed E-state index contributed by atoms with van der Waals surface area (Å²) in [4.78, 5) is 25.0. The molecule has 96 valence electrons. The summed E-state index contributed by atoms with van der Waals surface area (Å²) in [6.07, 6.45) is 5.41. The number of hydrogen-bond donors (Lipinski definition) is 3. The minimum Gasteiger partial charge on any atom is -0.346 e. The Morgan fingerprint density at radius 1 is 1.32 bits per heavy atom. The van der Waals surface area contributed by atoms with Crippen molar-refractivity contribution >= 4 is 22.7 Å². The van der Waals surface area contributed by atoms with Gasteiger partial charge in [0.05, 0.1) is 0 Å². The third kappa shape index (κ3) is 1.99. The van der Waals surface area contributed by atoms with Crippen molar-refractivity contribution in [3.8, 4) is 0 Å². The quantitative estimate of drug-likeness (QED) is 0.594. The molecule has 3 rings (SSSR count). The van der Waals surface area contributed by atoms with Crippen molar-refractivity contribution in [2.24, 2.45) is 0 Å². The smallest absolute Gasteiger partial charge is 0.273 e. The van der Waals surface area contributed by atoms with E-state index in [0.29, 0.717) is 5.35 Å². The van der Waals surface area contributed by atoms with Gasteiger partial charge in [-0.25, -0.2) is 4.98 Å². The van der Waals surface area contributed by atoms with Crippen molar-refractivity contribution in [1.29, 1.82) is 0 Å². The maximum atomic E-state index is 11.8. The predicted molar refractivity (Wildman–Crippen MR) is 75.1 cm³/mol. The van der Waals surface area contributed by atoms with E-state index >= 15 is 0 Å². The standard InChI is InChI=1S/C14H14N4O/c1-8(2)12-17-11(14(19)18-12)6-9-7-16-13-10(9)4-3-5-15-13/h3-7,17H,1-2H3,(H,15,16)(H,18,19). The van der Waals surface area contributed by atoms with Crippen LogP contribution in [0.25, 0.3) is 22.7 Å². The van der Waals surface area contributed by atoms with Crippen molar-refractivity contribution in [3.05, 3.63) is 51.3 Å². The normalized spacial score (nSPS) is 12.2. The molecule has 0 saturated carbocycles. The lowest BCUT2D eigenvalue weighted by Gasteiger charge is -1.88. The summed E-state index contributed by atoms with van der Waals surface area (Å²) >= 11 is 0. The number of pyridine rings is 1. The topological polar surface area (TPSA) is 77.3 Å². The zero-order valence-corrected chi connectivity index (χ0v) is 10.7. The van der Waals surface area contributed by atoms with Crippen LogP contribution in [-0.4, -0.2) is 19.9 Å². The van der Waals surface area contributed by atoms with E-state index in [0.717, 1.165) is 27.6 Å². The summed E-state index contributed by atoms with van der Waals surface area (Å²) in [6, 6.07) is 3.85. The number of rotatable bonds is 1. The van der Waals surface area contributed by atoms with Crippen molar-refractivity contribution < 1.29 is 0 Å². The molecule has 5 nitrogen and oxygen atoms in total. The molecule has 0 unspecified atom stereocenters. The van der Waals surface area contributed by atoms with Crippen LogP contribution < -0.4 is 16.4 Å². The zero-order chi connectivity index (χ0) is 13.4. The van der Waals surface area contributed by atoms with Gasteiger partial charge in [0, 0.05) is 23.3 Å². The fraction of sp³-hybridized carbons (Fsp3) is 0.143. The number of imidazole rings is 1. The molecular formula is C14H14N4O. The minimum absolute atomic E-state index is 0.116. The average Bonchev–Trinajstić information content (AvgIpc) is 2.96. The first-order valence-electron chi connectivity index (χ1n) is 6.05. The molecule has 0 aromatic carbocycles. The second-order valence-corrected chi connectivity index (χ2v) is 4.66. The van der Waals surface area contributed by atoms with E-state index in [1.54, 1.807) is 6.20 Å².